The average Bonchev–Trinajstić information content (AvgIpc) is 2.85. The summed E-state index contributed by atoms with van der Waals surface area (Å²) in [5.41, 5.74) is 2.42. The van der Waals surface area contributed by atoms with Gasteiger partial charge in [0.05, 0.1) is 5.41 Å². The van der Waals surface area contributed by atoms with Crippen molar-refractivity contribution in [3.05, 3.63) is 41.5 Å². The third kappa shape index (κ3) is 3.27. The Morgan fingerprint density at radius 3 is 2.69 bits per heavy atom. The van der Waals surface area contributed by atoms with Crippen LogP contribution in [0.4, 0.5) is 0 Å². The standard InChI is InChI=1S/C22H30N2O2/c1-21(2)15-18-14-17(6-7-19(18)26-21)16-24-12-9-22(10-13-24)8-4-5-11-23(3)20(22)25/h4-7,14H,8-13,15-16H2,1-3H3. The molecule has 4 rings (SSSR count). The minimum atomic E-state index is -0.173. The van der Waals surface area contributed by atoms with Crippen molar-refractivity contribution in [2.24, 2.45) is 5.41 Å². The van der Waals surface area contributed by atoms with Gasteiger partial charge in [-0.05, 0) is 63.4 Å². The van der Waals surface area contributed by atoms with Crippen LogP contribution in [0, 0.1) is 5.41 Å². The Hall–Kier alpha value is -1.81. The molecule has 0 unspecified atom stereocenters. The van der Waals surface area contributed by atoms with Gasteiger partial charge in [-0.3, -0.25) is 9.69 Å². The van der Waals surface area contributed by atoms with Crippen LogP contribution in [0.1, 0.15) is 44.2 Å². The lowest BCUT2D eigenvalue weighted by atomic mass is 9.74. The monoisotopic (exact) mass is 354 g/mol. The average molecular weight is 354 g/mol. The SMILES string of the molecule is CN1CC=CCC2(CCN(Cc3ccc4c(c3)CC(C)(C)O4)CC2)C1=O. The Bertz CT molecular complexity index is 730. The number of benzene rings is 1. The van der Waals surface area contributed by atoms with Crippen molar-refractivity contribution in [2.45, 2.75) is 51.7 Å². The van der Waals surface area contributed by atoms with E-state index in [4.69, 9.17) is 4.74 Å². The van der Waals surface area contributed by atoms with Crippen LogP contribution in [0.5, 0.6) is 5.75 Å². The zero-order chi connectivity index (χ0) is 18.4. The van der Waals surface area contributed by atoms with Gasteiger partial charge < -0.3 is 9.64 Å². The molecule has 26 heavy (non-hydrogen) atoms. The van der Waals surface area contributed by atoms with Gasteiger partial charge in [0, 0.05) is 26.6 Å². The minimum absolute atomic E-state index is 0.0855. The number of ether oxygens (including phenoxy) is 1. The van der Waals surface area contributed by atoms with E-state index in [-0.39, 0.29) is 11.0 Å². The van der Waals surface area contributed by atoms with Crippen molar-refractivity contribution in [1.82, 2.24) is 9.80 Å². The first-order chi connectivity index (χ1) is 12.4. The number of likely N-dealkylation sites (tertiary alicyclic amines) is 1. The third-order valence-electron chi connectivity index (χ3n) is 6.20. The molecule has 0 saturated carbocycles. The van der Waals surface area contributed by atoms with Crippen molar-refractivity contribution in [3.63, 3.8) is 0 Å². The fourth-order valence-electron chi connectivity index (χ4n) is 4.69. The molecule has 0 radical (unpaired) electrons. The van der Waals surface area contributed by atoms with E-state index >= 15 is 0 Å². The lowest BCUT2D eigenvalue weighted by molar-refractivity contribution is -0.142. The number of hydrogen-bond donors (Lipinski definition) is 0. The number of rotatable bonds is 2. The number of carbonyl (C=O) groups is 1. The summed E-state index contributed by atoms with van der Waals surface area (Å²) in [6.45, 7) is 7.98. The van der Waals surface area contributed by atoms with Crippen LogP contribution in [0.3, 0.4) is 0 Å². The maximum Gasteiger partial charge on any atom is 0.229 e. The molecule has 0 aromatic heterocycles. The summed E-state index contributed by atoms with van der Waals surface area (Å²) >= 11 is 0. The van der Waals surface area contributed by atoms with Gasteiger partial charge in [0.15, 0.2) is 0 Å². The van der Waals surface area contributed by atoms with Crippen molar-refractivity contribution < 1.29 is 9.53 Å². The fourth-order valence-corrected chi connectivity index (χ4v) is 4.69. The number of nitrogens with zero attached hydrogens (tertiary/aromatic N) is 2. The second kappa shape index (κ2) is 6.41. The molecule has 140 valence electrons. The molecule has 1 aromatic rings. The summed E-state index contributed by atoms with van der Waals surface area (Å²) in [5.74, 6) is 1.37. The predicted molar refractivity (Wildman–Crippen MR) is 103 cm³/mol. The van der Waals surface area contributed by atoms with E-state index in [0.717, 1.165) is 57.6 Å². The summed E-state index contributed by atoms with van der Waals surface area (Å²) in [6, 6.07) is 6.62. The molecule has 1 saturated heterocycles. The summed E-state index contributed by atoms with van der Waals surface area (Å²) in [6.07, 6.45) is 8.14. The molecule has 1 fully saturated rings. The predicted octanol–water partition coefficient (Wildman–Crippen LogP) is 3.40. The van der Waals surface area contributed by atoms with Crippen LogP contribution in [-0.4, -0.2) is 48.0 Å². The highest BCUT2D eigenvalue weighted by Gasteiger charge is 2.42. The normalized spacial score (nSPS) is 24.4. The molecule has 3 aliphatic heterocycles. The first kappa shape index (κ1) is 17.6. The molecule has 3 aliphatic rings. The fraction of sp³-hybridized carbons (Fsp3) is 0.591. The van der Waals surface area contributed by atoms with Gasteiger partial charge in [-0.25, -0.2) is 0 Å². The molecule has 4 nitrogen and oxygen atoms in total. The largest absolute Gasteiger partial charge is 0.487 e. The maximum absolute atomic E-state index is 12.8. The molecule has 0 atom stereocenters. The second-order valence-electron chi connectivity index (χ2n) is 8.90. The van der Waals surface area contributed by atoms with Gasteiger partial charge in [0.1, 0.15) is 11.4 Å². The van der Waals surface area contributed by atoms with Gasteiger partial charge in [0.25, 0.3) is 0 Å². The van der Waals surface area contributed by atoms with Crippen molar-refractivity contribution >= 4 is 5.91 Å². The molecule has 1 aromatic carbocycles. The number of allylic oxidation sites excluding steroid dienone is 1. The van der Waals surface area contributed by atoms with Crippen LogP contribution < -0.4 is 4.74 Å². The third-order valence-corrected chi connectivity index (χ3v) is 6.20. The number of likely N-dealkylation sites (N-methyl/N-ethyl adjacent to an activating group) is 1. The number of fused-ring (bicyclic) bond motifs is 1. The summed E-state index contributed by atoms with van der Waals surface area (Å²) in [4.78, 5) is 17.2. The van der Waals surface area contributed by atoms with Crippen LogP contribution in [0.25, 0.3) is 0 Å². The van der Waals surface area contributed by atoms with E-state index in [1.54, 1.807) is 0 Å². The molecule has 3 heterocycles. The Labute approximate surface area is 156 Å². The van der Waals surface area contributed by atoms with Crippen LogP contribution in [0.2, 0.25) is 0 Å². The molecule has 0 bridgehead atoms. The van der Waals surface area contributed by atoms with Gasteiger partial charge in [-0.15, -0.1) is 0 Å². The molecule has 0 aliphatic carbocycles. The lowest BCUT2D eigenvalue weighted by Gasteiger charge is -2.41. The van der Waals surface area contributed by atoms with Crippen LogP contribution in [0.15, 0.2) is 30.4 Å². The molecule has 0 N–H and O–H groups in total. The Balaban J connectivity index is 1.40. The molecular weight excluding hydrogens is 324 g/mol. The van der Waals surface area contributed by atoms with Crippen LogP contribution in [-0.2, 0) is 17.8 Å². The zero-order valence-electron chi connectivity index (χ0n) is 16.3. The van der Waals surface area contributed by atoms with Crippen LogP contribution >= 0.6 is 0 Å². The van der Waals surface area contributed by atoms with E-state index in [0.29, 0.717) is 5.91 Å². The highest BCUT2D eigenvalue weighted by molar-refractivity contribution is 5.83. The summed E-state index contributed by atoms with van der Waals surface area (Å²) in [7, 11) is 1.93. The Kier molecular flexibility index (Phi) is 4.34. The van der Waals surface area contributed by atoms with Gasteiger partial charge in [-0.2, -0.15) is 0 Å². The van der Waals surface area contributed by atoms with Crippen molar-refractivity contribution in [3.8, 4) is 5.75 Å². The second-order valence-corrected chi connectivity index (χ2v) is 8.90. The highest BCUT2D eigenvalue weighted by Crippen LogP contribution is 2.39. The number of hydrogen-bond acceptors (Lipinski definition) is 3. The van der Waals surface area contributed by atoms with E-state index in [9.17, 15) is 4.79 Å². The molecular formula is C22H30N2O2. The highest BCUT2D eigenvalue weighted by atomic mass is 16.5. The zero-order valence-corrected chi connectivity index (χ0v) is 16.3. The smallest absolute Gasteiger partial charge is 0.229 e. The van der Waals surface area contributed by atoms with E-state index in [1.807, 2.05) is 11.9 Å². The first-order valence-electron chi connectivity index (χ1n) is 9.81. The number of amides is 1. The maximum atomic E-state index is 12.8. The van der Waals surface area contributed by atoms with Gasteiger partial charge in [-0.1, -0.05) is 24.3 Å². The van der Waals surface area contributed by atoms with E-state index < -0.39 is 0 Å². The van der Waals surface area contributed by atoms with Crippen molar-refractivity contribution in [2.75, 3.05) is 26.7 Å². The first-order valence-corrected chi connectivity index (χ1v) is 9.81. The van der Waals surface area contributed by atoms with Gasteiger partial charge >= 0.3 is 0 Å². The molecule has 4 heteroatoms. The lowest BCUT2D eigenvalue weighted by Crippen LogP contribution is -2.48. The number of piperidine rings is 1. The van der Waals surface area contributed by atoms with E-state index in [2.05, 4.69) is 49.1 Å². The van der Waals surface area contributed by atoms with Gasteiger partial charge in [0.2, 0.25) is 5.91 Å². The quantitative estimate of drug-likeness (QED) is 0.763. The summed E-state index contributed by atoms with van der Waals surface area (Å²) in [5, 5.41) is 0. The van der Waals surface area contributed by atoms with E-state index in [1.165, 1.54) is 11.1 Å². The summed E-state index contributed by atoms with van der Waals surface area (Å²) < 4.78 is 5.99. The molecule has 1 spiro atoms. The number of carbonyl (C=O) groups excluding carboxylic acids is 1. The van der Waals surface area contributed by atoms with Crippen molar-refractivity contribution in [1.29, 1.82) is 0 Å². The molecule has 1 amide bonds. The topological polar surface area (TPSA) is 32.8 Å². The Morgan fingerprint density at radius 1 is 1.15 bits per heavy atom. The minimum Gasteiger partial charge on any atom is -0.487 e. The Morgan fingerprint density at radius 2 is 1.92 bits per heavy atom.